The maximum absolute atomic E-state index is 3.74. The number of nitrogens with zero attached hydrogens (tertiary/aromatic N) is 1. The lowest BCUT2D eigenvalue weighted by Gasteiger charge is -2.17. The van der Waals surface area contributed by atoms with Crippen LogP contribution in [0.5, 0.6) is 0 Å². The van der Waals surface area contributed by atoms with Crippen molar-refractivity contribution < 1.29 is 0 Å². The van der Waals surface area contributed by atoms with Crippen molar-refractivity contribution in [2.24, 2.45) is 0 Å². The Hall–Kier alpha value is -0.560. The molecule has 1 nitrogen and oxygen atoms in total. The summed E-state index contributed by atoms with van der Waals surface area (Å²) in [4.78, 5) is 2.36. The van der Waals surface area contributed by atoms with Crippen LogP contribution in [0, 0.1) is 0 Å². The van der Waals surface area contributed by atoms with Gasteiger partial charge in [0.05, 0.1) is 0 Å². The lowest BCUT2D eigenvalue weighted by Crippen LogP contribution is -2.24. The molecule has 0 amide bonds. The summed E-state index contributed by atoms with van der Waals surface area (Å²) in [5.74, 6) is 0. The minimum atomic E-state index is 0.982. The molecule has 0 radical (unpaired) electrons. The molecule has 0 N–H and O–H groups in total. The highest BCUT2D eigenvalue weighted by Crippen LogP contribution is 1.98. The van der Waals surface area contributed by atoms with Crippen LogP contribution in [0.15, 0.2) is 25.3 Å². The van der Waals surface area contributed by atoms with E-state index < -0.39 is 0 Å². The van der Waals surface area contributed by atoms with E-state index in [-0.39, 0.29) is 0 Å². The van der Waals surface area contributed by atoms with Gasteiger partial charge >= 0.3 is 0 Å². The molecule has 12 heavy (non-hydrogen) atoms. The Morgan fingerprint density at radius 1 is 1.08 bits per heavy atom. The van der Waals surface area contributed by atoms with Gasteiger partial charge in [0.1, 0.15) is 0 Å². The lowest BCUT2D eigenvalue weighted by atomic mass is 10.2. The van der Waals surface area contributed by atoms with Crippen LogP contribution < -0.4 is 0 Å². The highest BCUT2D eigenvalue weighted by atomic mass is 15.1. The van der Waals surface area contributed by atoms with Crippen LogP contribution >= 0.6 is 0 Å². The Balaban J connectivity index is 3.47. The first-order valence-corrected chi connectivity index (χ1v) is 4.79. The summed E-state index contributed by atoms with van der Waals surface area (Å²) in [6, 6.07) is 0. The lowest BCUT2D eigenvalue weighted by molar-refractivity contribution is 0.326. The van der Waals surface area contributed by atoms with E-state index in [9.17, 15) is 0 Å². The van der Waals surface area contributed by atoms with Crippen molar-refractivity contribution in [3.05, 3.63) is 25.3 Å². The van der Waals surface area contributed by atoms with Crippen molar-refractivity contribution in [1.82, 2.24) is 4.90 Å². The molecule has 0 bridgehead atoms. The SMILES string of the molecule is C=CCN(CC=C)CCCCC. The Morgan fingerprint density at radius 2 is 1.67 bits per heavy atom. The second kappa shape index (κ2) is 8.54. The average Bonchev–Trinajstić information content (AvgIpc) is 2.06. The molecule has 0 unspecified atom stereocenters. The van der Waals surface area contributed by atoms with E-state index in [0.29, 0.717) is 0 Å². The molecule has 0 saturated carbocycles. The summed E-state index contributed by atoms with van der Waals surface area (Å²) in [6.07, 6.45) is 7.81. The molecule has 0 aromatic carbocycles. The molecule has 0 aliphatic rings. The van der Waals surface area contributed by atoms with E-state index >= 15 is 0 Å². The van der Waals surface area contributed by atoms with Crippen LogP contribution in [-0.4, -0.2) is 24.5 Å². The Morgan fingerprint density at radius 3 is 2.08 bits per heavy atom. The predicted molar refractivity (Wildman–Crippen MR) is 56.4 cm³/mol. The average molecular weight is 167 g/mol. The number of hydrogen-bond donors (Lipinski definition) is 0. The van der Waals surface area contributed by atoms with E-state index in [1.807, 2.05) is 12.2 Å². The minimum Gasteiger partial charge on any atom is -0.296 e. The summed E-state index contributed by atoms with van der Waals surface area (Å²) >= 11 is 0. The maximum atomic E-state index is 3.74. The summed E-state index contributed by atoms with van der Waals surface area (Å²) in [6.45, 7) is 12.8. The molecule has 0 atom stereocenters. The minimum absolute atomic E-state index is 0.982. The predicted octanol–water partition coefficient (Wildman–Crippen LogP) is 2.85. The Kier molecular flexibility index (Phi) is 8.14. The fourth-order valence-electron chi connectivity index (χ4n) is 1.21. The number of hydrogen-bond acceptors (Lipinski definition) is 1. The smallest absolute Gasteiger partial charge is 0.0163 e. The molecular formula is C11H21N. The van der Waals surface area contributed by atoms with E-state index in [2.05, 4.69) is 25.0 Å². The van der Waals surface area contributed by atoms with E-state index in [1.165, 1.54) is 25.8 Å². The fraction of sp³-hybridized carbons (Fsp3) is 0.636. The molecule has 0 rings (SSSR count). The van der Waals surface area contributed by atoms with Gasteiger partial charge in [0.25, 0.3) is 0 Å². The molecule has 0 aromatic rings. The zero-order chi connectivity index (χ0) is 9.23. The summed E-state index contributed by atoms with van der Waals surface area (Å²) in [5.41, 5.74) is 0. The Bertz CT molecular complexity index is 108. The van der Waals surface area contributed by atoms with E-state index in [0.717, 1.165) is 13.1 Å². The van der Waals surface area contributed by atoms with Gasteiger partial charge in [-0.15, -0.1) is 13.2 Å². The zero-order valence-electron chi connectivity index (χ0n) is 8.26. The van der Waals surface area contributed by atoms with Gasteiger partial charge in [0, 0.05) is 13.1 Å². The third-order valence-electron chi connectivity index (χ3n) is 1.85. The normalized spacial score (nSPS) is 10.2. The van der Waals surface area contributed by atoms with Crippen molar-refractivity contribution in [1.29, 1.82) is 0 Å². The van der Waals surface area contributed by atoms with Gasteiger partial charge in [-0.05, 0) is 13.0 Å². The highest BCUT2D eigenvalue weighted by molar-refractivity contribution is 4.79. The quantitative estimate of drug-likeness (QED) is 0.397. The molecular weight excluding hydrogens is 146 g/mol. The Labute approximate surface area is 76.8 Å². The van der Waals surface area contributed by atoms with Crippen LogP contribution in [0.1, 0.15) is 26.2 Å². The first kappa shape index (κ1) is 11.4. The van der Waals surface area contributed by atoms with Crippen LogP contribution in [-0.2, 0) is 0 Å². The van der Waals surface area contributed by atoms with Crippen LogP contribution in [0.25, 0.3) is 0 Å². The van der Waals surface area contributed by atoms with E-state index in [4.69, 9.17) is 0 Å². The molecule has 0 fully saturated rings. The van der Waals surface area contributed by atoms with Crippen LogP contribution in [0.4, 0.5) is 0 Å². The highest BCUT2D eigenvalue weighted by Gasteiger charge is 1.98. The topological polar surface area (TPSA) is 3.24 Å². The van der Waals surface area contributed by atoms with Gasteiger partial charge in [-0.3, -0.25) is 4.90 Å². The third kappa shape index (κ3) is 6.17. The zero-order valence-corrected chi connectivity index (χ0v) is 8.26. The number of unbranched alkanes of at least 4 members (excludes halogenated alkanes) is 2. The molecule has 0 aromatic heterocycles. The van der Waals surface area contributed by atoms with Crippen molar-refractivity contribution in [2.45, 2.75) is 26.2 Å². The first-order valence-electron chi connectivity index (χ1n) is 4.79. The van der Waals surface area contributed by atoms with Crippen molar-refractivity contribution in [3.8, 4) is 0 Å². The third-order valence-corrected chi connectivity index (χ3v) is 1.85. The molecule has 0 saturated heterocycles. The summed E-state index contributed by atoms with van der Waals surface area (Å²) < 4.78 is 0. The second-order valence-electron chi connectivity index (χ2n) is 3.04. The van der Waals surface area contributed by atoms with Gasteiger partial charge in [-0.25, -0.2) is 0 Å². The van der Waals surface area contributed by atoms with Crippen molar-refractivity contribution in [3.63, 3.8) is 0 Å². The largest absolute Gasteiger partial charge is 0.296 e. The maximum Gasteiger partial charge on any atom is 0.0163 e. The monoisotopic (exact) mass is 167 g/mol. The van der Waals surface area contributed by atoms with Crippen molar-refractivity contribution in [2.75, 3.05) is 19.6 Å². The van der Waals surface area contributed by atoms with Crippen molar-refractivity contribution >= 4 is 0 Å². The second-order valence-corrected chi connectivity index (χ2v) is 3.04. The van der Waals surface area contributed by atoms with E-state index in [1.54, 1.807) is 0 Å². The fourth-order valence-corrected chi connectivity index (χ4v) is 1.21. The molecule has 1 heteroatoms. The van der Waals surface area contributed by atoms with Gasteiger partial charge in [-0.2, -0.15) is 0 Å². The summed E-state index contributed by atoms with van der Waals surface area (Å²) in [7, 11) is 0. The van der Waals surface area contributed by atoms with Gasteiger partial charge in [-0.1, -0.05) is 31.9 Å². The van der Waals surface area contributed by atoms with Crippen LogP contribution in [0.2, 0.25) is 0 Å². The molecule has 70 valence electrons. The van der Waals surface area contributed by atoms with Gasteiger partial charge in [0.15, 0.2) is 0 Å². The first-order chi connectivity index (χ1) is 5.85. The molecule has 0 aliphatic heterocycles. The molecule has 0 aliphatic carbocycles. The van der Waals surface area contributed by atoms with Gasteiger partial charge < -0.3 is 0 Å². The number of rotatable bonds is 8. The molecule has 0 spiro atoms. The standard InChI is InChI=1S/C11H21N/c1-4-7-8-11-12(9-5-2)10-6-3/h5-6H,2-4,7-11H2,1H3. The molecule has 0 heterocycles. The van der Waals surface area contributed by atoms with Gasteiger partial charge in [0.2, 0.25) is 0 Å². The van der Waals surface area contributed by atoms with Crippen LogP contribution in [0.3, 0.4) is 0 Å². The summed E-state index contributed by atoms with van der Waals surface area (Å²) in [5, 5.41) is 0.